The van der Waals surface area contributed by atoms with Crippen LogP contribution in [0.3, 0.4) is 0 Å². The van der Waals surface area contributed by atoms with Gasteiger partial charge in [-0.25, -0.2) is 0 Å². The lowest BCUT2D eigenvalue weighted by Crippen LogP contribution is -2.68. The molecule has 7 aliphatic heterocycles. The number of hydrogen-bond acceptors (Lipinski definition) is 27. The van der Waals surface area contributed by atoms with Crippen LogP contribution in [0.15, 0.2) is 11.6 Å². The van der Waals surface area contributed by atoms with Crippen LogP contribution in [-0.4, -0.2) is 281 Å². The SMILES string of the molecule is CC(C)=C[C@@H]1CC(C)(O)C2C3CC[C@@H]4[C@@]5(C)CC[C@H](O[C@@H]6OC[C@H](O)[C@H](O[C@@H]7O[C@H](CO[C@@H]8O[C@H](CO)[C@@H](O)[C@H](O)[C@H]8O)[C@@H](O)[C@H](O)[C@H]7O[C@@H]7O[C@H](CO)[C@@H](O)[C@H](O)[C@H]7O)[C@H]6O[C@@H]6O[C@@H](C)[C@H](O)[C@@H](O)[C@H]6O)C(C)(C)[C@@H]5CC[C@@]4(C)[C@@]34CO[C@@]2(C4)O1. The number of hydrogen-bond donors (Lipinski definition) is 15. The van der Waals surface area contributed by atoms with Gasteiger partial charge in [-0.3, -0.25) is 0 Å². The van der Waals surface area contributed by atoms with E-state index in [1.54, 1.807) is 0 Å². The molecule has 15 N–H and O–H groups in total. The van der Waals surface area contributed by atoms with E-state index in [2.05, 4.69) is 33.8 Å². The van der Waals surface area contributed by atoms with Crippen molar-refractivity contribution in [2.45, 2.75) is 278 Å². The molecule has 2 spiro atoms. The molecule has 11 rings (SSSR count). The zero-order valence-corrected chi connectivity index (χ0v) is 50.2. The van der Waals surface area contributed by atoms with Gasteiger partial charge in [0.05, 0.1) is 56.9 Å². The predicted molar refractivity (Wildman–Crippen MR) is 289 cm³/mol. The van der Waals surface area contributed by atoms with Crippen molar-refractivity contribution in [3.63, 3.8) is 0 Å². The van der Waals surface area contributed by atoms with Gasteiger partial charge in [-0.1, -0.05) is 39.3 Å². The maximum absolute atomic E-state index is 12.4. The minimum atomic E-state index is -2.11. The van der Waals surface area contributed by atoms with E-state index in [-0.39, 0.29) is 46.0 Å². The maximum Gasteiger partial charge on any atom is 0.187 e. The second-order valence-electron chi connectivity index (χ2n) is 28.6. The monoisotopic (exact) mass is 1240 g/mol. The summed E-state index contributed by atoms with van der Waals surface area (Å²) in [7, 11) is 0. The van der Waals surface area contributed by atoms with Gasteiger partial charge in [0.15, 0.2) is 37.2 Å². The Labute approximate surface area is 499 Å². The third kappa shape index (κ3) is 10.8. The number of aliphatic hydroxyl groups excluding tert-OH is 14. The van der Waals surface area contributed by atoms with Crippen LogP contribution in [0.1, 0.15) is 107 Å². The Morgan fingerprint density at radius 2 is 1.15 bits per heavy atom. The molecule has 35 atom stereocenters. The van der Waals surface area contributed by atoms with Crippen LogP contribution in [-0.2, 0) is 56.8 Å². The molecule has 0 radical (unpaired) electrons. The van der Waals surface area contributed by atoms with Crippen LogP contribution in [0.25, 0.3) is 0 Å². The molecule has 0 aromatic carbocycles. The van der Waals surface area contributed by atoms with Crippen molar-refractivity contribution in [1.29, 1.82) is 0 Å². The molecule has 4 aliphatic carbocycles. The fourth-order valence-electron chi connectivity index (χ4n) is 18.6. The van der Waals surface area contributed by atoms with Crippen molar-refractivity contribution < 1.29 is 133 Å². The van der Waals surface area contributed by atoms with Crippen LogP contribution < -0.4 is 0 Å². The first-order valence-corrected chi connectivity index (χ1v) is 30.9. The van der Waals surface area contributed by atoms with Gasteiger partial charge in [0.2, 0.25) is 0 Å². The Morgan fingerprint density at radius 1 is 0.570 bits per heavy atom. The van der Waals surface area contributed by atoms with Gasteiger partial charge in [0.25, 0.3) is 0 Å². The summed E-state index contributed by atoms with van der Waals surface area (Å²) in [5.74, 6) is -0.503. The van der Waals surface area contributed by atoms with Gasteiger partial charge < -0.3 is 133 Å². The van der Waals surface area contributed by atoms with E-state index in [9.17, 15) is 76.6 Å². The third-order valence-corrected chi connectivity index (χ3v) is 22.9. The standard InChI is InChI=1S/C59H96O27/c1-23(2)15-25-16-57(8,74)48-26-9-10-32-55(6)13-12-33(54(4,5)31(55)11-14-56(32,7)58(26)21-59(48,86-25)77-22-58)82-52-47(85-50-43(72)38(67)34(63)24(3)78-50)45(27(62)19-75-52)83-53-46(84-51-44(73)40(69)36(65)29(18-61)80-51)41(70)37(66)30(81-53)20-76-49-42(71)39(68)35(64)28(17-60)79-49/h15,24-53,60-74H,9-14,16-22H2,1-8H3/t24-,25+,26?,27-,28+,29+,30+,31-,32+,33-,34-,35+,36+,37+,38+,39-,40-,41-,42+,43+,44+,45-,46+,47+,48?,49+,50-,51-,52-,53-,55-,56+,57?,58-,59-/m0/s1. The second kappa shape index (κ2) is 24.2. The van der Waals surface area contributed by atoms with Crippen molar-refractivity contribution in [1.82, 2.24) is 0 Å². The normalized spacial score (nSPS) is 56.9. The van der Waals surface area contributed by atoms with E-state index in [0.717, 1.165) is 37.7 Å². The molecule has 27 nitrogen and oxygen atoms in total. The Bertz CT molecular complexity index is 2380. The first-order chi connectivity index (χ1) is 40.4. The van der Waals surface area contributed by atoms with Crippen molar-refractivity contribution in [2.75, 3.05) is 33.0 Å². The highest BCUT2D eigenvalue weighted by atomic mass is 16.8. The summed E-state index contributed by atoms with van der Waals surface area (Å²) >= 11 is 0. The molecular weight excluding hydrogens is 1140 g/mol. The topological polar surface area (TPSA) is 414 Å². The summed E-state index contributed by atoms with van der Waals surface area (Å²) in [6.07, 6.45) is -34.9. The van der Waals surface area contributed by atoms with E-state index in [1.165, 1.54) is 6.92 Å². The van der Waals surface area contributed by atoms with Crippen molar-refractivity contribution >= 4 is 0 Å². The van der Waals surface area contributed by atoms with Gasteiger partial charge in [-0.05, 0) is 100 Å². The minimum Gasteiger partial charge on any atom is -0.394 e. The fourth-order valence-corrected chi connectivity index (χ4v) is 18.6. The molecule has 7 saturated heterocycles. The first-order valence-electron chi connectivity index (χ1n) is 30.9. The molecule has 86 heavy (non-hydrogen) atoms. The molecule has 494 valence electrons. The van der Waals surface area contributed by atoms with E-state index in [4.69, 9.17) is 56.8 Å². The Balaban J connectivity index is 0.877. The van der Waals surface area contributed by atoms with E-state index in [1.807, 2.05) is 20.8 Å². The van der Waals surface area contributed by atoms with Crippen LogP contribution >= 0.6 is 0 Å². The van der Waals surface area contributed by atoms with Crippen LogP contribution in [0.4, 0.5) is 0 Å². The summed E-state index contributed by atoms with van der Waals surface area (Å²) in [6.45, 7) is 14.3. The maximum atomic E-state index is 12.4. The lowest BCUT2D eigenvalue weighted by molar-refractivity contribution is -0.403. The highest BCUT2D eigenvalue weighted by Gasteiger charge is 2.81. The molecule has 0 amide bonds. The average molecular weight is 1240 g/mol. The molecule has 3 unspecified atom stereocenters. The smallest absolute Gasteiger partial charge is 0.187 e. The van der Waals surface area contributed by atoms with Gasteiger partial charge in [-0.2, -0.15) is 0 Å². The van der Waals surface area contributed by atoms with Gasteiger partial charge >= 0.3 is 0 Å². The van der Waals surface area contributed by atoms with Gasteiger partial charge in [-0.15, -0.1) is 0 Å². The Kier molecular flexibility index (Phi) is 18.6. The van der Waals surface area contributed by atoms with E-state index >= 15 is 0 Å². The van der Waals surface area contributed by atoms with Crippen LogP contribution in [0.5, 0.6) is 0 Å². The van der Waals surface area contributed by atoms with E-state index in [0.29, 0.717) is 25.9 Å². The lowest BCUT2D eigenvalue weighted by atomic mass is 9.35. The summed E-state index contributed by atoms with van der Waals surface area (Å²) < 4.78 is 75.6. The Morgan fingerprint density at radius 3 is 1.80 bits per heavy atom. The van der Waals surface area contributed by atoms with Crippen molar-refractivity contribution in [3.05, 3.63) is 11.6 Å². The quantitative estimate of drug-likeness (QED) is 0.0597. The predicted octanol–water partition coefficient (Wildman–Crippen LogP) is -3.36. The van der Waals surface area contributed by atoms with Crippen LogP contribution in [0.2, 0.25) is 0 Å². The first kappa shape index (κ1) is 66.1. The second-order valence-corrected chi connectivity index (χ2v) is 28.6. The lowest BCUT2D eigenvalue weighted by Gasteiger charge is -2.70. The van der Waals surface area contributed by atoms with Crippen molar-refractivity contribution in [3.8, 4) is 0 Å². The summed E-state index contributed by atoms with van der Waals surface area (Å²) in [4.78, 5) is 0. The Hall–Kier alpha value is -1.34. The molecule has 2 bridgehead atoms. The fraction of sp³-hybridized carbons (Fsp3) is 0.966. The number of ether oxygens (including phenoxy) is 12. The van der Waals surface area contributed by atoms with E-state index < -0.39 is 197 Å². The molecule has 0 aromatic heterocycles. The van der Waals surface area contributed by atoms with Gasteiger partial charge in [0.1, 0.15) is 110 Å². The molecule has 11 aliphatic rings. The number of fused-ring (bicyclic) bond motifs is 4. The van der Waals surface area contributed by atoms with Crippen LogP contribution in [0, 0.1) is 45.3 Å². The zero-order valence-electron chi connectivity index (χ0n) is 50.2. The third-order valence-electron chi connectivity index (χ3n) is 22.9. The molecule has 0 aromatic rings. The number of aliphatic hydroxyl groups is 15. The highest BCUT2D eigenvalue weighted by Crippen LogP contribution is 2.80. The summed E-state index contributed by atoms with van der Waals surface area (Å²) in [6, 6.07) is 0. The minimum absolute atomic E-state index is 0.0914. The highest BCUT2D eigenvalue weighted by molar-refractivity contribution is 5.27. The summed E-state index contributed by atoms with van der Waals surface area (Å²) in [5.41, 5.74) is -1.06. The molecule has 7 heterocycles. The van der Waals surface area contributed by atoms with Gasteiger partial charge in [0, 0.05) is 24.2 Å². The number of rotatable bonds is 14. The molecule has 11 fully saturated rings. The molecular formula is C59H96O27. The zero-order chi connectivity index (χ0) is 62.3. The average Bonchev–Trinajstić information content (AvgIpc) is 1.45. The number of allylic oxidation sites excluding steroid dienone is 1. The summed E-state index contributed by atoms with van der Waals surface area (Å²) in [5, 5.41) is 165. The molecule has 27 heteroatoms. The van der Waals surface area contributed by atoms with Crippen molar-refractivity contribution in [2.24, 2.45) is 45.3 Å². The largest absolute Gasteiger partial charge is 0.394 e. The molecule has 4 saturated carbocycles.